The molecule has 0 aromatic heterocycles. The van der Waals surface area contributed by atoms with Gasteiger partial charge in [-0.15, -0.1) is 0 Å². The maximum absolute atomic E-state index is 13.5. The normalized spacial score (nSPS) is 12.3. The second-order valence-corrected chi connectivity index (χ2v) is 11.7. The van der Waals surface area contributed by atoms with Crippen LogP contribution in [0.25, 0.3) is 0 Å². The zero-order valence-electron chi connectivity index (χ0n) is 22.7. The van der Waals surface area contributed by atoms with Crippen molar-refractivity contribution in [3.05, 3.63) is 64.7 Å². The lowest BCUT2D eigenvalue weighted by Crippen LogP contribution is -2.50. The monoisotopic (exact) mass is 515 g/mol. The molecule has 0 saturated heterocycles. The Labute approximate surface area is 216 Å². The molecule has 0 radical (unpaired) electrons. The number of hydrogen-bond donors (Lipinski definition) is 1. The van der Waals surface area contributed by atoms with Crippen molar-refractivity contribution in [3.8, 4) is 0 Å². The second-order valence-electron chi connectivity index (χ2n) is 9.76. The summed E-state index contributed by atoms with van der Waals surface area (Å²) in [6.45, 7) is 12.0. The first kappa shape index (κ1) is 29.4. The number of amides is 2. The zero-order chi connectivity index (χ0) is 27.0. The average Bonchev–Trinajstić information content (AvgIpc) is 2.78. The summed E-state index contributed by atoms with van der Waals surface area (Å²) >= 11 is 0. The Kier molecular flexibility index (Phi) is 10.5. The summed E-state index contributed by atoms with van der Waals surface area (Å²) in [6, 6.07) is 12.9. The molecule has 0 spiro atoms. The highest BCUT2D eigenvalue weighted by Gasteiger charge is 2.29. The quantitative estimate of drug-likeness (QED) is 0.451. The van der Waals surface area contributed by atoms with Crippen LogP contribution in [0.15, 0.2) is 42.5 Å². The number of aryl methyl sites for hydroxylation is 3. The number of hydrogen-bond acceptors (Lipinski definition) is 4. The van der Waals surface area contributed by atoms with Crippen molar-refractivity contribution in [2.24, 2.45) is 0 Å². The summed E-state index contributed by atoms with van der Waals surface area (Å²) < 4.78 is 26.6. The lowest BCUT2D eigenvalue weighted by Gasteiger charge is -2.32. The van der Waals surface area contributed by atoms with Gasteiger partial charge in [-0.1, -0.05) is 43.3 Å². The van der Waals surface area contributed by atoms with E-state index < -0.39 is 16.1 Å². The topological polar surface area (TPSA) is 86.8 Å². The average molecular weight is 516 g/mol. The SMILES string of the molecule is CC[C@H](C(=O)NC(C)C)N(Cc1ccccc1C)C(=O)CCCN(c1cc(C)ccc1C)S(C)(=O)=O. The van der Waals surface area contributed by atoms with Gasteiger partial charge in [0.2, 0.25) is 21.8 Å². The fourth-order valence-electron chi connectivity index (χ4n) is 4.24. The minimum Gasteiger partial charge on any atom is -0.352 e. The molecule has 0 fully saturated rings. The standard InChI is InChI=1S/C28H41N3O4S/c1-8-25(28(33)29-20(2)3)30(19-24-13-10-9-12-22(24)5)27(32)14-11-17-31(36(7,34)35)26-18-21(4)15-16-23(26)6/h9-10,12-13,15-16,18,20,25H,8,11,14,17,19H2,1-7H3,(H,29,33)/t25-/m1/s1. The van der Waals surface area contributed by atoms with Crippen LogP contribution in [-0.2, 0) is 26.2 Å². The van der Waals surface area contributed by atoms with Gasteiger partial charge in [0.05, 0.1) is 11.9 Å². The zero-order valence-corrected chi connectivity index (χ0v) is 23.5. The highest BCUT2D eigenvalue weighted by atomic mass is 32.2. The fourth-order valence-corrected chi connectivity index (χ4v) is 5.26. The number of carbonyl (C=O) groups excluding carboxylic acids is 2. The Morgan fingerprint density at radius 3 is 2.25 bits per heavy atom. The molecule has 198 valence electrons. The minimum absolute atomic E-state index is 0.0390. The van der Waals surface area contributed by atoms with Crippen molar-refractivity contribution in [2.45, 2.75) is 79.4 Å². The molecule has 8 heteroatoms. The van der Waals surface area contributed by atoms with Crippen molar-refractivity contribution in [1.29, 1.82) is 0 Å². The van der Waals surface area contributed by atoms with Gasteiger partial charge >= 0.3 is 0 Å². The first-order chi connectivity index (χ1) is 16.8. The third kappa shape index (κ3) is 8.08. The number of rotatable bonds is 12. The largest absolute Gasteiger partial charge is 0.352 e. The molecule has 1 atom stereocenters. The molecule has 0 bridgehead atoms. The Morgan fingerprint density at radius 1 is 1.00 bits per heavy atom. The van der Waals surface area contributed by atoms with Gasteiger partial charge in [0, 0.05) is 25.6 Å². The van der Waals surface area contributed by atoms with E-state index in [2.05, 4.69) is 5.32 Å². The first-order valence-electron chi connectivity index (χ1n) is 12.5. The second kappa shape index (κ2) is 12.9. The predicted molar refractivity (Wildman–Crippen MR) is 146 cm³/mol. The maximum atomic E-state index is 13.5. The molecule has 0 unspecified atom stereocenters. The summed E-state index contributed by atoms with van der Waals surface area (Å²) in [4.78, 5) is 28.1. The number of carbonyl (C=O) groups is 2. The summed E-state index contributed by atoms with van der Waals surface area (Å²) in [5.74, 6) is -0.346. The van der Waals surface area contributed by atoms with Gasteiger partial charge < -0.3 is 10.2 Å². The maximum Gasteiger partial charge on any atom is 0.243 e. The van der Waals surface area contributed by atoms with E-state index in [4.69, 9.17) is 0 Å². The van der Waals surface area contributed by atoms with Crippen molar-refractivity contribution in [3.63, 3.8) is 0 Å². The van der Waals surface area contributed by atoms with E-state index in [1.54, 1.807) is 4.90 Å². The summed E-state index contributed by atoms with van der Waals surface area (Å²) in [6.07, 6.45) is 2.14. The van der Waals surface area contributed by atoms with Gasteiger partial charge in [0.15, 0.2) is 0 Å². The molecule has 0 aliphatic rings. The van der Waals surface area contributed by atoms with Crippen molar-refractivity contribution in [1.82, 2.24) is 10.2 Å². The smallest absolute Gasteiger partial charge is 0.243 e. The van der Waals surface area contributed by atoms with Crippen LogP contribution in [0, 0.1) is 20.8 Å². The number of sulfonamides is 1. The van der Waals surface area contributed by atoms with Crippen LogP contribution >= 0.6 is 0 Å². The molecule has 1 N–H and O–H groups in total. The van der Waals surface area contributed by atoms with Crippen molar-refractivity contribution >= 4 is 27.5 Å². The number of anilines is 1. The molecule has 0 aliphatic carbocycles. The highest BCUT2D eigenvalue weighted by Crippen LogP contribution is 2.25. The molecule has 7 nitrogen and oxygen atoms in total. The van der Waals surface area contributed by atoms with Crippen molar-refractivity contribution in [2.75, 3.05) is 17.1 Å². The van der Waals surface area contributed by atoms with Crippen LogP contribution in [0.2, 0.25) is 0 Å². The molecule has 36 heavy (non-hydrogen) atoms. The van der Waals surface area contributed by atoms with Crippen LogP contribution in [0.1, 0.15) is 62.3 Å². The first-order valence-corrected chi connectivity index (χ1v) is 14.4. The van der Waals surface area contributed by atoms with E-state index in [-0.39, 0.29) is 30.8 Å². The van der Waals surface area contributed by atoms with E-state index in [0.29, 0.717) is 25.1 Å². The van der Waals surface area contributed by atoms with E-state index in [9.17, 15) is 18.0 Å². The van der Waals surface area contributed by atoms with Gasteiger partial charge in [-0.05, 0) is 75.8 Å². The Bertz CT molecular complexity index is 1160. The van der Waals surface area contributed by atoms with E-state index >= 15 is 0 Å². The van der Waals surface area contributed by atoms with Crippen molar-refractivity contribution < 1.29 is 18.0 Å². The molecule has 0 saturated carbocycles. The molecule has 0 heterocycles. The van der Waals surface area contributed by atoms with Crippen LogP contribution in [0.4, 0.5) is 5.69 Å². The molecular formula is C28H41N3O4S. The number of benzene rings is 2. The van der Waals surface area contributed by atoms with E-state index in [1.807, 2.05) is 84.0 Å². The Balaban J connectivity index is 2.26. The van der Waals surface area contributed by atoms with Gasteiger partial charge in [-0.25, -0.2) is 8.42 Å². The van der Waals surface area contributed by atoms with Crippen LogP contribution < -0.4 is 9.62 Å². The van der Waals surface area contributed by atoms with Gasteiger partial charge in [0.1, 0.15) is 6.04 Å². The van der Waals surface area contributed by atoms with Gasteiger partial charge in [0.25, 0.3) is 0 Å². The molecule has 2 amide bonds. The highest BCUT2D eigenvalue weighted by molar-refractivity contribution is 7.92. The van der Waals surface area contributed by atoms with E-state index in [1.165, 1.54) is 10.6 Å². The van der Waals surface area contributed by atoms with Crippen LogP contribution in [-0.4, -0.2) is 50.0 Å². The predicted octanol–water partition coefficient (Wildman–Crippen LogP) is 4.49. The number of nitrogens with one attached hydrogen (secondary N) is 1. The Morgan fingerprint density at radius 2 is 1.67 bits per heavy atom. The molecule has 2 aromatic rings. The molecule has 0 aliphatic heterocycles. The fraction of sp³-hybridized carbons (Fsp3) is 0.500. The minimum atomic E-state index is -3.53. The molecular weight excluding hydrogens is 474 g/mol. The lowest BCUT2D eigenvalue weighted by molar-refractivity contribution is -0.141. The third-order valence-electron chi connectivity index (χ3n) is 6.20. The van der Waals surface area contributed by atoms with Crippen LogP contribution in [0.5, 0.6) is 0 Å². The van der Waals surface area contributed by atoms with E-state index in [0.717, 1.165) is 22.3 Å². The summed E-state index contributed by atoms with van der Waals surface area (Å²) in [5.41, 5.74) is 4.48. The summed E-state index contributed by atoms with van der Waals surface area (Å²) in [5, 5.41) is 2.94. The molecule has 2 aromatic carbocycles. The van der Waals surface area contributed by atoms with Gasteiger partial charge in [-0.3, -0.25) is 13.9 Å². The lowest BCUT2D eigenvalue weighted by atomic mass is 10.0. The summed E-state index contributed by atoms with van der Waals surface area (Å²) in [7, 11) is -3.53. The third-order valence-corrected chi connectivity index (χ3v) is 7.38. The number of nitrogens with zero attached hydrogens (tertiary/aromatic N) is 2. The molecule has 2 rings (SSSR count). The van der Waals surface area contributed by atoms with Gasteiger partial charge in [-0.2, -0.15) is 0 Å². The Hall–Kier alpha value is -2.87. The van der Waals surface area contributed by atoms with Crippen LogP contribution in [0.3, 0.4) is 0 Å².